The van der Waals surface area contributed by atoms with E-state index in [-0.39, 0.29) is 0 Å². The molecule has 0 spiro atoms. The van der Waals surface area contributed by atoms with Crippen molar-refractivity contribution in [2.45, 2.75) is 6.92 Å². The number of benzene rings is 2. The summed E-state index contributed by atoms with van der Waals surface area (Å²) >= 11 is 0. The quantitative estimate of drug-likeness (QED) is 0.628. The molecule has 0 aliphatic rings. The highest BCUT2D eigenvalue weighted by Gasteiger charge is 2.21. The Kier molecular flexibility index (Phi) is 4.65. The standard InChI is InChI=1S/C20H21O5/c1-12-15-11-20(24-5)19(23-4)10-14(15)9-17(25-12)13-6-7-16(21-2)18(8-13)22-3/h6-11H,1-5H3/q+1. The number of fused-ring (bicyclic) bond motifs is 1. The van der Waals surface area contributed by atoms with Crippen molar-refractivity contribution in [3.05, 3.63) is 42.2 Å². The first-order valence-electron chi connectivity index (χ1n) is 7.83. The van der Waals surface area contributed by atoms with Crippen molar-refractivity contribution in [3.63, 3.8) is 0 Å². The molecule has 3 rings (SSSR count). The third kappa shape index (κ3) is 3.05. The van der Waals surface area contributed by atoms with Crippen LogP contribution in [-0.4, -0.2) is 28.4 Å². The number of hydrogen-bond donors (Lipinski definition) is 0. The Labute approximate surface area is 146 Å². The summed E-state index contributed by atoms with van der Waals surface area (Å²) in [5.41, 5.74) is 0.900. The summed E-state index contributed by atoms with van der Waals surface area (Å²) in [6.45, 7) is 1.93. The molecule has 5 nitrogen and oxygen atoms in total. The maximum atomic E-state index is 6.03. The molecule has 0 saturated heterocycles. The number of ether oxygens (including phenoxy) is 4. The average molecular weight is 341 g/mol. The van der Waals surface area contributed by atoms with E-state index in [1.807, 2.05) is 43.3 Å². The van der Waals surface area contributed by atoms with Crippen LogP contribution in [0.15, 0.2) is 40.8 Å². The van der Waals surface area contributed by atoms with E-state index in [4.69, 9.17) is 23.4 Å². The summed E-state index contributed by atoms with van der Waals surface area (Å²) in [6, 6.07) is 11.5. The minimum absolute atomic E-state index is 0.653. The molecule has 3 aromatic rings. The van der Waals surface area contributed by atoms with Crippen LogP contribution < -0.4 is 18.9 Å². The summed E-state index contributed by atoms with van der Waals surface area (Å²) in [5.74, 6) is 4.21. The van der Waals surface area contributed by atoms with Gasteiger partial charge in [0, 0.05) is 17.5 Å². The fourth-order valence-corrected chi connectivity index (χ4v) is 2.84. The predicted molar refractivity (Wildman–Crippen MR) is 97.0 cm³/mol. The topological polar surface area (TPSA) is 48.2 Å². The molecule has 0 aliphatic heterocycles. The maximum Gasteiger partial charge on any atom is 0.360 e. The minimum atomic E-state index is 0.653. The van der Waals surface area contributed by atoms with Crippen LogP contribution >= 0.6 is 0 Å². The zero-order valence-electron chi connectivity index (χ0n) is 15.0. The second-order valence-electron chi connectivity index (χ2n) is 5.53. The molecule has 0 atom stereocenters. The molecule has 25 heavy (non-hydrogen) atoms. The van der Waals surface area contributed by atoms with Crippen molar-refractivity contribution < 1.29 is 23.4 Å². The van der Waals surface area contributed by atoms with Crippen LogP contribution in [0, 0.1) is 6.92 Å². The lowest BCUT2D eigenvalue weighted by Crippen LogP contribution is -1.93. The SMILES string of the molecule is COc1ccc(-c2cc3cc(OC)c(OC)cc3c(C)[o+]2)cc1OC. The van der Waals surface area contributed by atoms with Gasteiger partial charge in [-0.05, 0) is 18.2 Å². The Morgan fingerprint density at radius 1 is 0.680 bits per heavy atom. The molecular formula is C20H21O5+. The molecule has 0 N–H and O–H groups in total. The van der Waals surface area contributed by atoms with Gasteiger partial charge in [-0.25, -0.2) is 4.42 Å². The van der Waals surface area contributed by atoms with Crippen LogP contribution in [0.3, 0.4) is 0 Å². The summed E-state index contributed by atoms with van der Waals surface area (Å²) in [7, 11) is 6.47. The van der Waals surface area contributed by atoms with Crippen LogP contribution in [0.1, 0.15) is 5.76 Å². The first-order valence-corrected chi connectivity index (χ1v) is 7.83. The van der Waals surface area contributed by atoms with Gasteiger partial charge >= 0.3 is 11.5 Å². The van der Waals surface area contributed by atoms with E-state index in [0.717, 1.165) is 27.9 Å². The molecule has 0 aliphatic carbocycles. The van der Waals surface area contributed by atoms with E-state index in [2.05, 4.69) is 0 Å². The molecule has 1 aromatic heterocycles. The molecule has 0 bridgehead atoms. The highest BCUT2D eigenvalue weighted by Crippen LogP contribution is 2.38. The van der Waals surface area contributed by atoms with Gasteiger partial charge in [-0.2, -0.15) is 0 Å². The first-order chi connectivity index (χ1) is 12.1. The van der Waals surface area contributed by atoms with E-state index in [0.29, 0.717) is 23.0 Å². The molecule has 0 fully saturated rings. The molecule has 0 unspecified atom stereocenters. The second-order valence-corrected chi connectivity index (χ2v) is 5.53. The monoisotopic (exact) mass is 341 g/mol. The van der Waals surface area contributed by atoms with E-state index in [9.17, 15) is 0 Å². The summed E-state index contributed by atoms with van der Waals surface area (Å²) < 4.78 is 27.5. The largest absolute Gasteiger partial charge is 0.493 e. The van der Waals surface area contributed by atoms with Crippen molar-refractivity contribution in [1.82, 2.24) is 0 Å². The average Bonchev–Trinajstić information content (AvgIpc) is 2.66. The summed E-state index contributed by atoms with van der Waals surface area (Å²) in [5, 5.41) is 1.98. The Balaban J connectivity index is 2.18. The number of methoxy groups -OCH3 is 4. The van der Waals surface area contributed by atoms with Crippen LogP contribution in [0.4, 0.5) is 0 Å². The molecule has 0 saturated carbocycles. The van der Waals surface area contributed by atoms with Gasteiger partial charge in [0.05, 0.1) is 52.4 Å². The summed E-state index contributed by atoms with van der Waals surface area (Å²) in [4.78, 5) is 0. The fourth-order valence-electron chi connectivity index (χ4n) is 2.84. The molecule has 1 heterocycles. The zero-order chi connectivity index (χ0) is 18.0. The van der Waals surface area contributed by atoms with E-state index >= 15 is 0 Å². The third-order valence-electron chi connectivity index (χ3n) is 4.15. The molecule has 0 amide bonds. The van der Waals surface area contributed by atoms with Crippen molar-refractivity contribution >= 4 is 10.8 Å². The van der Waals surface area contributed by atoms with Crippen LogP contribution in [0.25, 0.3) is 22.1 Å². The second kappa shape index (κ2) is 6.89. The van der Waals surface area contributed by atoms with Crippen molar-refractivity contribution in [2.75, 3.05) is 28.4 Å². The number of aryl methyl sites for hydroxylation is 1. The van der Waals surface area contributed by atoms with Gasteiger partial charge in [-0.3, -0.25) is 0 Å². The smallest absolute Gasteiger partial charge is 0.360 e. The molecule has 130 valence electrons. The molecule has 0 radical (unpaired) electrons. The lowest BCUT2D eigenvalue weighted by atomic mass is 10.1. The molecule has 2 aromatic carbocycles. The van der Waals surface area contributed by atoms with Crippen LogP contribution in [-0.2, 0) is 0 Å². The van der Waals surface area contributed by atoms with E-state index in [1.54, 1.807) is 28.4 Å². The number of hydrogen-bond acceptors (Lipinski definition) is 4. The predicted octanol–water partition coefficient (Wildman–Crippen LogP) is 4.72. The lowest BCUT2D eigenvalue weighted by Gasteiger charge is -2.09. The van der Waals surface area contributed by atoms with Gasteiger partial charge in [-0.1, -0.05) is 0 Å². The fraction of sp³-hybridized carbons (Fsp3) is 0.250. The molecular weight excluding hydrogens is 320 g/mol. The Bertz CT molecular complexity index is 918. The van der Waals surface area contributed by atoms with Crippen molar-refractivity contribution in [3.8, 4) is 34.3 Å². The van der Waals surface area contributed by atoms with Gasteiger partial charge in [0.25, 0.3) is 0 Å². The van der Waals surface area contributed by atoms with Crippen LogP contribution in [0.2, 0.25) is 0 Å². The Morgan fingerprint density at radius 2 is 1.28 bits per heavy atom. The highest BCUT2D eigenvalue weighted by molar-refractivity contribution is 5.89. The Hall–Kier alpha value is -2.95. The third-order valence-corrected chi connectivity index (χ3v) is 4.15. The maximum absolute atomic E-state index is 6.03. The van der Waals surface area contributed by atoms with Gasteiger partial charge in [0.1, 0.15) is 0 Å². The van der Waals surface area contributed by atoms with Gasteiger partial charge in [-0.15, -0.1) is 0 Å². The summed E-state index contributed by atoms with van der Waals surface area (Å²) in [6.07, 6.45) is 0. The van der Waals surface area contributed by atoms with Crippen molar-refractivity contribution in [2.24, 2.45) is 0 Å². The first kappa shape index (κ1) is 16.9. The Morgan fingerprint density at radius 3 is 1.92 bits per heavy atom. The minimum Gasteiger partial charge on any atom is -0.493 e. The normalized spacial score (nSPS) is 10.6. The van der Waals surface area contributed by atoms with Gasteiger partial charge in [0.15, 0.2) is 23.0 Å². The van der Waals surface area contributed by atoms with Gasteiger partial charge < -0.3 is 18.9 Å². The lowest BCUT2D eigenvalue weighted by molar-refractivity contribution is 0.355. The number of rotatable bonds is 5. The molecule has 5 heteroatoms. The van der Waals surface area contributed by atoms with E-state index in [1.165, 1.54) is 0 Å². The van der Waals surface area contributed by atoms with Gasteiger partial charge in [0.2, 0.25) is 0 Å². The highest BCUT2D eigenvalue weighted by atomic mass is 16.5. The van der Waals surface area contributed by atoms with E-state index < -0.39 is 0 Å². The van der Waals surface area contributed by atoms with Crippen LogP contribution in [0.5, 0.6) is 23.0 Å². The van der Waals surface area contributed by atoms with Crippen molar-refractivity contribution in [1.29, 1.82) is 0 Å². The zero-order valence-corrected chi connectivity index (χ0v) is 15.0.